The molecule has 24 heteroatoms. The molecule has 0 aliphatic rings. The SMILES string of the molecule is CC(C)CC(N)C(=O)NC(CC(=O)O)C(=O)NC(Cc1ccccc1)C(=O)NC(CO)C(=O)NC(Cc1c[nH]c2ccccc12)C(=O)NC(CC(C)C)C(=O)NC(CCC(N)=O)C(=O)NC(C(=O)O)C(C)O. The van der Waals surface area contributed by atoms with E-state index in [1.165, 1.54) is 0 Å². The van der Waals surface area contributed by atoms with Gasteiger partial charge in [0.1, 0.15) is 36.3 Å². The van der Waals surface area contributed by atoms with Gasteiger partial charge in [-0.2, -0.15) is 0 Å². The summed E-state index contributed by atoms with van der Waals surface area (Å²) in [5.74, 6) is -11.1. The molecule has 0 radical (unpaired) electrons. The summed E-state index contributed by atoms with van der Waals surface area (Å²) >= 11 is 0. The average Bonchev–Trinajstić information content (AvgIpc) is 3.71. The van der Waals surface area contributed by atoms with Gasteiger partial charge in [-0.3, -0.25) is 43.2 Å². The number of aromatic amines is 1. The van der Waals surface area contributed by atoms with Crippen LogP contribution in [0.1, 0.15) is 77.8 Å². The average molecular weight is 1010 g/mol. The summed E-state index contributed by atoms with van der Waals surface area (Å²) in [6, 6.07) is 2.89. The number of hydrogen-bond donors (Lipinski definition) is 14. The van der Waals surface area contributed by atoms with Crippen LogP contribution in [0.15, 0.2) is 60.8 Å². The zero-order valence-corrected chi connectivity index (χ0v) is 40.8. The predicted molar refractivity (Wildman–Crippen MR) is 260 cm³/mol. The Kier molecular flexibility index (Phi) is 23.2. The Labute approximate surface area is 415 Å². The van der Waals surface area contributed by atoms with Crippen molar-refractivity contribution in [3.8, 4) is 0 Å². The summed E-state index contributed by atoms with van der Waals surface area (Å²) in [5, 5.41) is 57.2. The highest BCUT2D eigenvalue weighted by atomic mass is 16.4. The van der Waals surface area contributed by atoms with Gasteiger partial charge in [0, 0.05) is 36.4 Å². The van der Waals surface area contributed by atoms with Gasteiger partial charge in [-0.15, -0.1) is 0 Å². The van der Waals surface area contributed by atoms with Crippen LogP contribution in [-0.2, 0) is 60.8 Å². The lowest BCUT2D eigenvalue weighted by atomic mass is 9.99. The van der Waals surface area contributed by atoms with Gasteiger partial charge in [0.2, 0.25) is 47.3 Å². The molecule has 3 aromatic rings. The first-order chi connectivity index (χ1) is 33.9. The number of benzene rings is 2. The van der Waals surface area contributed by atoms with Gasteiger partial charge in [-0.05, 0) is 55.2 Å². The molecule has 9 atom stereocenters. The van der Waals surface area contributed by atoms with Crippen LogP contribution in [0.25, 0.3) is 10.9 Å². The number of carboxylic acids is 2. The zero-order valence-electron chi connectivity index (χ0n) is 40.8. The van der Waals surface area contributed by atoms with E-state index in [9.17, 15) is 68.4 Å². The Morgan fingerprint density at radius 2 is 1.07 bits per heavy atom. The summed E-state index contributed by atoms with van der Waals surface area (Å²) in [6.45, 7) is 7.15. The zero-order chi connectivity index (χ0) is 53.8. The van der Waals surface area contributed by atoms with Crippen molar-refractivity contribution in [3.05, 3.63) is 71.9 Å². The maximum atomic E-state index is 14.4. The maximum absolute atomic E-state index is 14.4. The van der Waals surface area contributed by atoms with Crippen LogP contribution in [0.3, 0.4) is 0 Å². The molecule has 16 N–H and O–H groups in total. The molecule has 3 rings (SSSR count). The molecule has 0 spiro atoms. The van der Waals surface area contributed by atoms with Crippen LogP contribution in [0.5, 0.6) is 0 Å². The number of carbonyl (C=O) groups excluding carboxylic acids is 8. The van der Waals surface area contributed by atoms with E-state index in [4.69, 9.17) is 11.5 Å². The third-order valence-electron chi connectivity index (χ3n) is 11.2. The summed E-state index contributed by atoms with van der Waals surface area (Å²) in [4.78, 5) is 135. The van der Waals surface area contributed by atoms with Crippen molar-refractivity contribution in [2.45, 2.75) is 134 Å². The molecule has 0 saturated heterocycles. The van der Waals surface area contributed by atoms with Gasteiger partial charge < -0.3 is 74.1 Å². The highest BCUT2D eigenvalue weighted by Crippen LogP contribution is 2.20. The summed E-state index contributed by atoms with van der Waals surface area (Å²) in [7, 11) is 0. The number of carboxylic acid groups (broad SMARTS) is 2. The molecule has 0 aliphatic heterocycles. The monoisotopic (exact) mass is 1010 g/mol. The number of primary amides is 1. The van der Waals surface area contributed by atoms with Gasteiger partial charge in [-0.1, -0.05) is 76.2 Å². The number of hydrogen-bond acceptors (Lipinski definition) is 13. The van der Waals surface area contributed by atoms with Crippen LogP contribution in [0, 0.1) is 11.8 Å². The van der Waals surface area contributed by atoms with Crippen LogP contribution in [-0.4, -0.2) is 146 Å². The van der Waals surface area contributed by atoms with Crippen molar-refractivity contribution in [1.29, 1.82) is 0 Å². The highest BCUT2D eigenvalue weighted by Gasteiger charge is 2.36. The maximum Gasteiger partial charge on any atom is 0.328 e. The molecule has 1 aromatic heterocycles. The number of carbonyl (C=O) groups is 10. The molecule has 0 fully saturated rings. The Morgan fingerprint density at radius 1 is 0.583 bits per heavy atom. The van der Waals surface area contributed by atoms with Crippen molar-refractivity contribution in [2.75, 3.05) is 6.61 Å². The first-order valence-corrected chi connectivity index (χ1v) is 23.4. The quantitative estimate of drug-likeness (QED) is 0.0342. The number of aliphatic carboxylic acids is 2. The highest BCUT2D eigenvalue weighted by molar-refractivity contribution is 5.99. The molecule has 394 valence electrons. The van der Waals surface area contributed by atoms with Crippen molar-refractivity contribution >= 4 is 70.1 Å². The van der Waals surface area contributed by atoms with Gasteiger partial charge in [0.15, 0.2) is 6.04 Å². The minimum absolute atomic E-state index is 0.0127. The summed E-state index contributed by atoms with van der Waals surface area (Å²) in [5.41, 5.74) is 13.0. The molecule has 9 unspecified atom stereocenters. The van der Waals surface area contributed by atoms with E-state index in [2.05, 4.69) is 42.2 Å². The van der Waals surface area contributed by atoms with Crippen LogP contribution in [0.2, 0.25) is 0 Å². The number of H-pyrrole nitrogens is 1. The molecule has 0 aliphatic carbocycles. The lowest BCUT2D eigenvalue weighted by molar-refractivity contribution is -0.145. The number of nitrogens with one attached hydrogen (secondary N) is 8. The third-order valence-corrected chi connectivity index (χ3v) is 11.2. The van der Waals surface area contributed by atoms with E-state index in [0.29, 0.717) is 22.0 Å². The van der Waals surface area contributed by atoms with Crippen LogP contribution in [0.4, 0.5) is 0 Å². The fraction of sp³-hybridized carbons (Fsp3) is 0.500. The number of rotatable bonds is 30. The smallest absolute Gasteiger partial charge is 0.328 e. The van der Waals surface area contributed by atoms with Crippen LogP contribution < -0.4 is 48.7 Å². The number of aromatic nitrogens is 1. The molecule has 0 bridgehead atoms. The number of aliphatic hydroxyl groups excluding tert-OH is 2. The normalized spacial score (nSPS) is 15.0. The number of fused-ring (bicyclic) bond motifs is 1. The van der Waals surface area contributed by atoms with Crippen molar-refractivity contribution in [2.24, 2.45) is 23.3 Å². The van der Waals surface area contributed by atoms with Crippen molar-refractivity contribution in [3.63, 3.8) is 0 Å². The van der Waals surface area contributed by atoms with Crippen molar-refractivity contribution < 1.29 is 68.4 Å². The number of aliphatic hydroxyl groups is 2. The van der Waals surface area contributed by atoms with E-state index in [-0.39, 0.29) is 37.5 Å². The molecule has 24 nitrogen and oxygen atoms in total. The lowest BCUT2D eigenvalue weighted by Gasteiger charge is -2.28. The second-order valence-electron chi connectivity index (χ2n) is 18.3. The summed E-state index contributed by atoms with van der Waals surface area (Å²) < 4.78 is 0. The molecular formula is C48H68N10O14. The van der Waals surface area contributed by atoms with E-state index >= 15 is 0 Å². The molecule has 72 heavy (non-hydrogen) atoms. The van der Waals surface area contributed by atoms with E-state index < -0.39 is 140 Å². The second kappa shape index (κ2) is 28.4. The third kappa shape index (κ3) is 19.0. The fourth-order valence-corrected chi connectivity index (χ4v) is 7.52. The van der Waals surface area contributed by atoms with Crippen molar-refractivity contribution in [1.82, 2.24) is 42.2 Å². The standard InChI is InChI=1S/C48H68N10O14/c1-24(2)17-30(49)41(64)53-36(21-39(62)63)46(69)55-34(19-27-11-7-6-8-12-27)44(67)57-37(23-59)47(70)56-35(20-28-22-51-31-14-10-9-13-29(28)31)45(68)54-33(18-25(3)4)43(66)52-32(15-16-38(50)61)42(65)58-40(26(5)60)48(71)72/h6-14,22,24-26,30,32-37,40,51,59-60H,15-21,23,49H2,1-5H3,(H2,50,61)(H,52,66)(H,53,64)(H,54,68)(H,55,69)(H,56,70)(H,57,67)(H,58,65)(H,62,63)(H,71,72). The Balaban J connectivity index is 1.96. The fourth-order valence-electron chi connectivity index (χ4n) is 7.52. The summed E-state index contributed by atoms with van der Waals surface area (Å²) in [6.07, 6.45) is -1.93. The molecule has 1 heterocycles. The minimum atomic E-state index is -1.79. The molecule has 0 saturated carbocycles. The van der Waals surface area contributed by atoms with Gasteiger partial charge >= 0.3 is 11.9 Å². The minimum Gasteiger partial charge on any atom is -0.481 e. The van der Waals surface area contributed by atoms with Gasteiger partial charge in [-0.25, -0.2) is 4.79 Å². The van der Waals surface area contributed by atoms with E-state index in [1.807, 2.05) is 13.8 Å². The number of amides is 8. The Morgan fingerprint density at radius 3 is 1.62 bits per heavy atom. The van der Waals surface area contributed by atoms with Crippen LogP contribution >= 0.6 is 0 Å². The number of nitrogens with two attached hydrogens (primary N) is 2. The van der Waals surface area contributed by atoms with Gasteiger partial charge in [0.05, 0.1) is 25.2 Å². The van der Waals surface area contributed by atoms with Gasteiger partial charge in [0.25, 0.3) is 0 Å². The molecule has 2 aromatic carbocycles. The topological polar surface area (TPSA) is 404 Å². The van der Waals surface area contributed by atoms with E-state index in [1.54, 1.807) is 74.6 Å². The largest absolute Gasteiger partial charge is 0.481 e. The number of para-hydroxylation sites is 1. The predicted octanol–water partition coefficient (Wildman–Crippen LogP) is -2.04. The van der Waals surface area contributed by atoms with E-state index in [0.717, 1.165) is 6.92 Å². The second-order valence-corrected chi connectivity index (χ2v) is 18.3. The first-order valence-electron chi connectivity index (χ1n) is 23.4. The lowest BCUT2D eigenvalue weighted by Crippen LogP contribution is -2.61. The Hall–Kier alpha value is -7.44. The molecule has 8 amide bonds. The first kappa shape index (κ1) is 58.9. The molecular weight excluding hydrogens is 941 g/mol. The Bertz CT molecular complexity index is 2380.